The molecule has 1 rings (SSSR count). The van der Waals surface area contributed by atoms with Gasteiger partial charge in [-0.05, 0) is 20.8 Å². The highest BCUT2D eigenvalue weighted by Crippen LogP contribution is 2.05. The number of hydrogen-bond donors (Lipinski definition) is 0. The quantitative estimate of drug-likeness (QED) is 0.458. The highest BCUT2D eigenvalue weighted by atomic mass is 32.1. The maximum atomic E-state index is 11.6. The first kappa shape index (κ1) is 12.5. The lowest BCUT2D eigenvalue weighted by atomic mass is 10.3. The topological polar surface area (TPSA) is 63.9 Å². The van der Waals surface area contributed by atoms with Crippen LogP contribution in [0, 0.1) is 0 Å². The maximum absolute atomic E-state index is 11.6. The molecule has 5 nitrogen and oxygen atoms in total. The van der Waals surface area contributed by atoms with Crippen LogP contribution in [0.15, 0.2) is 21.1 Å². The Kier molecular flexibility index (Phi) is 4.78. The van der Waals surface area contributed by atoms with Gasteiger partial charge < -0.3 is 4.74 Å². The zero-order valence-corrected chi connectivity index (χ0v) is 10.2. The number of nitrogens with zero attached hydrogens (tertiary/aromatic N) is 3. The first-order valence-corrected chi connectivity index (χ1v) is 5.74. The molecular formula is C10H13N3O2S. The van der Waals surface area contributed by atoms with Crippen molar-refractivity contribution < 1.29 is 9.53 Å². The monoisotopic (exact) mass is 239 g/mol. The van der Waals surface area contributed by atoms with Crippen molar-refractivity contribution in [1.29, 1.82) is 0 Å². The summed E-state index contributed by atoms with van der Waals surface area (Å²) in [7, 11) is 0. The summed E-state index contributed by atoms with van der Waals surface area (Å²) in [6.07, 6.45) is 0. The van der Waals surface area contributed by atoms with E-state index in [2.05, 4.69) is 15.2 Å². The molecule has 0 saturated heterocycles. The average molecular weight is 239 g/mol. The molecule has 0 amide bonds. The Morgan fingerprint density at radius 1 is 1.50 bits per heavy atom. The summed E-state index contributed by atoms with van der Waals surface area (Å²) in [5.74, 6) is -0.501. The van der Waals surface area contributed by atoms with Crippen molar-refractivity contribution in [2.75, 3.05) is 6.61 Å². The molecule has 86 valence electrons. The van der Waals surface area contributed by atoms with Crippen LogP contribution >= 0.6 is 11.3 Å². The lowest BCUT2D eigenvalue weighted by Crippen LogP contribution is -2.19. The maximum Gasteiger partial charge on any atom is 0.361 e. The van der Waals surface area contributed by atoms with E-state index in [1.807, 2.05) is 0 Å². The number of thiazole rings is 1. The Bertz CT molecular complexity index is 406. The second-order valence-corrected chi connectivity index (χ2v) is 3.81. The van der Waals surface area contributed by atoms with E-state index in [-0.39, 0.29) is 5.71 Å². The molecule has 0 atom stereocenters. The summed E-state index contributed by atoms with van der Waals surface area (Å²) in [5, 5.41) is 9.44. The fraction of sp³-hybridized carbons (Fsp3) is 0.400. The molecule has 0 aromatic carbocycles. The second-order valence-electron chi connectivity index (χ2n) is 3.09. The number of carbonyl (C=O) groups excluding carboxylic acids is 1. The minimum absolute atomic E-state index is 0.143. The van der Waals surface area contributed by atoms with Gasteiger partial charge in [0.1, 0.15) is 5.69 Å². The average Bonchev–Trinajstić information content (AvgIpc) is 2.71. The van der Waals surface area contributed by atoms with E-state index in [4.69, 9.17) is 4.74 Å². The fourth-order valence-electron chi connectivity index (χ4n) is 0.876. The van der Waals surface area contributed by atoms with Crippen molar-refractivity contribution >= 4 is 28.7 Å². The molecule has 1 heterocycles. The Balaban J connectivity index is 2.99. The number of hydrogen-bond acceptors (Lipinski definition) is 6. The van der Waals surface area contributed by atoms with Crippen LogP contribution in [0.25, 0.3) is 0 Å². The van der Waals surface area contributed by atoms with Crippen LogP contribution < -0.4 is 0 Å². The third kappa shape index (κ3) is 3.54. The van der Waals surface area contributed by atoms with Gasteiger partial charge in [0.15, 0.2) is 5.71 Å². The first-order valence-electron chi connectivity index (χ1n) is 4.79. The Morgan fingerprint density at radius 3 is 2.75 bits per heavy atom. The first-order chi connectivity index (χ1) is 7.65. The standard InChI is InChI=1S/C10H13N3O2S/c1-4-15-10(14)9(13-12-7(2)3)8-5-16-6-11-8/h5-6H,4H2,1-3H3/b13-9-. The van der Waals surface area contributed by atoms with Crippen molar-refractivity contribution in [2.45, 2.75) is 20.8 Å². The van der Waals surface area contributed by atoms with Crippen molar-refractivity contribution in [3.63, 3.8) is 0 Å². The zero-order chi connectivity index (χ0) is 12.0. The Labute approximate surface area is 97.9 Å². The molecule has 0 fully saturated rings. The van der Waals surface area contributed by atoms with E-state index in [0.717, 1.165) is 5.71 Å². The van der Waals surface area contributed by atoms with Crippen molar-refractivity contribution in [1.82, 2.24) is 4.98 Å². The van der Waals surface area contributed by atoms with Crippen LogP contribution in [0.3, 0.4) is 0 Å². The van der Waals surface area contributed by atoms with Gasteiger partial charge in [-0.25, -0.2) is 9.78 Å². The smallest absolute Gasteiger partial charge is 0.361 e. The van der Waals surface area contributed by atoms with E-state index >= 15 is 0 Å². The molecule has 0 spiro atoms. The Morgan fingerprint density at radius 2 is 2.25 bits per heavy atom. The van der Waals surface area contributed by atoms with Gasteiger partial charge in [0.2, 0.25) is 0 Å². The van der Waals surface area contributed by atoms with Crippen LogP contribution in [-0.2, 0) is 9.53 Å². The van der Waals surface area contributed by atoms with Gasteiger partial charge >= 0.3 is 5.97 Å². The van der Waals surface area contributed by atoms with Gasteiger partial charge in [0.25, 0.3) is 0 Å². The third-order valence-corrected chi connectivity index (χ3v) is 2.08. The molecule has 0 aliphatic rings. The number of carbonyl (C=O) groups is 1. The van der Waals surface area contributed by atoms with Crippen LogP contribution in [0.5, 0.6) is 0 Å². The van der Waals surface area contributed by atoms with Gasteiger partial charge in [0.05, 0.1) is 12.1 Å². The van der Waals surface area contributed by atoms with Crippen LogP contribution in [0.1, 0.15) is 26.5 Å². The molecule has 1 aromatic heterocycles. The molecule has 16 heavy (non-hydrogen) atoms. The van der Waals surface area contributed by atoms with Gasteiger partial charge in [-0.2, -0.15) is 5.10 Å². The fourth-order valence-corrected chi connectivity index (χ4v) is 1.41. The van der Waals surface area contributed by atoms with Crippen molar-refractivity contribution in [3.8, 4) is 0 Å². The van der Waals surface area contributed by atoms with Crippen LogP contribution in [0.2, 0.25) is 0 Å². The SMILES string of the molecule is CCOC(=O)/C(=N\N=C(C)C)c1cscn1. The molecule has 6 heteroatoms. The minimum atomic E-state index is -0.501. The van der Waals surface area contributed by atoms with Crippen LogP contribution in [-0.4, -0.2) is 29.0 Å². The summed E-state index contributed by atoms with van der Waals surface area (Å²) in [4.78, 5) is 15.6. The normalized spacial score (nSPS) is 11.1. The predicted molar refractivity (Wildman–Crippen MR) is 64.1 cm³/mol. The molecular weight excluding hydrogens is 226 g/mol. The third-order valence-electron chi connectivity index (χ3n) is 1.49. The van der Waals surface area contributed by atoms with Gasteiger partial charge in [0, 0.05) is 11.1 Å². The summed E-state index contributed by atoms with van der Waals surface area (Å²) in [6, 6.07) is 0. The minimum Gasteiger partial charge on any atom is -0.461 e. The lowest BCUT2D eigenvalue weighted by molar-refractivity contribution is -0.134. The molecule has 0 radical (unpaired) electrons. The molecule has 0 aliphatic heterocycles. The van der Waals surface area contributed by atoms with Gasteiger partial charge in [-0.15, -0.1) is 16.4 Å². The Hall–Kier alpha value is -1.56. The molecule has 0 saturated carbocycles. The zero-order valence-electron chi connectivity index (χ0n) is 9.43. The summed E-state index contributed by atoms with van der Waals surface area (Å²) < 4.78 is 4.89. The summed E-state index contributed by atoms with van der Waals surface area (Å²) in [5.41, 5.74) is 3.03. The number of aromatic nitrogens is 1. The summed E-state index contributed by atoms with van der Waals surface area (Å²) in [6.45, 7) is 5.64. The van der Waals surface area contributed by atoms with E-state index < -0.39 is 5.97 Å². The van der Waals surface area contributed by atoms with Gasteiger partial charge in [-0.1, -0.05) is 0 Å². The molecule has 0 bridgehead atoms. The summed E-state index contributed by atoms with van der Waals surface area (Å²) >= 11 is 1.39. The lowest BCUT2D eigenvalue weighted by Gasteiger charge is -2.01. The van der Waals surface area contributed by atoms with E-state index in [1.165, 1.54) is 11.3 Å². The predicted octanol–water partition coefficient (Wildman–Crippen LogP) is 1.89. The number of esters is 1. The van der Waals surface area contributed by atoms with Gasteiger partial charge in [-0.3, -0.25) is 0 Å². The number of rotatable bonds is 4. The number of ether oxygens (including phenoxy) is 1. The molecule has 1 aromatic rings. The van der Waals surface area contributed by atoms with E-state index in [0.29, 0.717) is 12.3 Å². The largest absolute Gasteiger partial charge is 0.461 e. The molecule has 0 N–H and O–H groups in total. The highest BCUT2D eigenvalue weighted by molar-refractivity contribution is 7.07. The highest BCUT2D eigenvalue weighted by Gasteiger charge is 2.17. The van der Waals surface area contributed by atoms with Crippen molar-refractivity contribution in [2.24, 2.45) is 10.2 Å². The van der Waals surface area contributed by atoms with Crippen LogP contribution in [0.4, 0.5) is 0 Å². The second kappa shape index (κ2) is 6.12. The molecule has 0 unspecified atom stereocenters. The van der Waals surface area contributed by atoms with E-state index in [9.17, 15) is 4.79 Å². The molecule has 0 aliphatic carbocycles. The van der Waals surface area contributed by atoms with Crippen molar-refractivity contribution in [3.05, 3.63) is 16.6 Å². The van der Waals surface area contributed by atoms with E-state index in [1.54, 1.807) is 31.7 Å².